The number of thiophene rings is 1. The number of alkyl halides is 3. The SMILES string of the molecule is O=C(NCC(O)C(F)(F)F)C1CCCc2sccc21. The number of nitrogens with one attached hydrogen (secondary N) is 1. The minimum atomic E-state index is -4.70. The van der Waals surface area contributed by atoms with Gasteiger partial charge in [-0.05, 0) is 36.3 Å². The summed E-state index contributed by atoms with van der Waals surface area (Å²) in [6, 6.07) is 1.85. The maximum Gasteiger partial charge on any atom is 0.416 e. The van der Waals surface area contributed by atoms with Crippen LogP contribution >= 0.6 is 11.3 Å². The number of hydrogen-bond donors (Lipinski definition) is 2. The van der Waals surface area contributed by atoms with Gasteiger partial charge in [0.15, 0.2) is 6.10 Å². The minimum absolute atomic E-state index is 0.393. The summed E-state index contributed by atoms with van der Waals surface area (Å²) < 4.78 is 36.4. The van der Waals surface area contributed by atoms with Gasteiger partial charge in [-0.1, -0.05) is 0 Å². The first-order valence-corrected chi connectivity index (χ1v) is 6.86. The van der Waals surface area contributed by atoms with Gasteiger partial charge < -0.3 is 10.4 Å². The van der Waals surface area contributed by atoms with Crippen LogP contribution in [0.2, 0.25) is 0 Å². The van der Waals surface area contributed by atoms with Gasteiger partial charge in [0.25, 0.3) is 0 Å². The second-order valence-electron chi connectivity index (χ2n) is 4.55. The average Bonchev–Trinajstić information content (AvgIpc) is 2.82. The van der Waals surface area contributed by atoms with Crippen LogP contribution in [-0.2, 0) is 11.2 Å². The fraction of sp³-hybridized carbons (Fsp3) is 0.583. The van der Waals surface area contributed by atoms with E-state index in [0.717, 1.165) is 23.3 Å². The molecule has 2 N–H and O–H groups in total. The van der Waals surface area contributed by atoms with E-state index in [-0.39, 0.29) is 0 Å². The van der Waals surface area contributed by atoms with Crippen molar-refractivity contribution >= 4 is 17.2 Å². The summed E-state index contributed by atoms with van der Waals surface area (Å²) in [5, 5.41) is 12.9. The van der Waals surface area contributed by atoms with Gasteiger partial charge in [-0.2, -0.15) is 13.2 Å². The quantitative estimate of drug-likeness (QED) is 0.897. The Morgan fingerprint density at radius 2 is 2.32 bits per heavy atom. The Morgan fingerprint density at radius 3 is 3.00 bits per heavy atom. The molecule has 1 heterocycles. The van der Waals surface area contributed by atoms with E-state index in [0.29, 0.717) is 6.42 Å². The lowest BCUT2D eigenvalue weighted by Crippen LogP contribution is -2.42. The molecule has 0 fully saturated rings. The molecule has 0 bridgehead atoms. The number of rotatable bonds is 3. The lowest BCUT2D eigenvalue weighted by atomic mass is 9.87. The number of aliphatic hydroxyl groups excluding tert-OH is 1. The van der Waals surface area contributed by atoms with Crippen LogP contribution in [-0.4, -0.2) is 29.8 Å². The molecule has 0 saturated carbocycles. The van der Waals surface area contributed by atoms with E-state index in [1.165, 1.54) is 0 Å². The Labute approximate surface area is 112 Å². The van der Waals surface area contributed by atoms with Crippen LogP contribution < -0.4 is 5.32 Å². The molecular formula is C12H14F3NO2S. The molecule has 0 aliphatic heterocycles. The number of carbonyl (C=O) groups is 1. The second kappa shape index (κ2) is 5.50. The molecule has 19 heavy (non-hydrogen) atoms. The van der Waals surface area contributed by atoms with Gasteiger partial charge in [0.1, 0.15) is 0 Å². The summed E-state index contributed by atoms with van der Waals surface area (Å²) in [6.45, 7) is -0.793. The molecule has 2 atom stereocenters. The number of amides is 1. The maximum absolute atomic E-state index is 12.1. The molecule has 3 nitrogen and oxygen atoms in total. The molecule has 1 aromatic rings. The second-order valence-corrected chi connectivity index (χ2v) is 5.55. The number of carbonyl (C=O) groups excluding carboxylic acids is 1. The van der Waals surface area contributed by atoms with Crippen LogP contribution in [0.4, 0.5) is 13.2 Å². The van der Waals surface area contributed by atoms with Gasteiger partial charge >= 0.3 is 6.18 Å². The third-order valence-electron chi connectivity index (χ3n) is 3.22. The fourth-order valence-electron chi connectivity index (χ4n) is 2.19. The van der Waals surface area contributed by atoms with Crippen molar-refractivity contribution in [1.82, 2.24) is 5.32 Å². The van der Waals surface area contributed by atoms with Crippen LogP contribution in [0.3, 0.4) is 0 Å². The molecule has 0 saturated heterocycles. The van der Waals surface area contributed by atoms with E-state index in [2.05, 4.69) is 5.32 Å². The van der Waals surface area contributed by atoms with Crippen LogP contribution in [0, 0.1) is 0 Å². The first-order chi connectivity index (χ1) is 8.89. The van der Waals surface area contributed by atoms with E-state index in [9.17, 15) is 18.0 Å². The lowest BCUT2D eigenvalue weighted by molar-refractivity contribution is -0.201. The van der Waals surface area contributed by atoms with Crippen molar-refractivity contribution in [3.63, 3.8) is 0 Å². The van der Waals surface area contributed by atoms with Crippen molar-refractivity contribution in [2.24, 2.45) is 0 Å². The molecule has 2 rings (SSSR count). The highest BCUT2D eigenvalue weighted by atomic mass is 32.1. The highest BCUT2D eigenvalue weighted by Crippen LogP contribution is 2.35. The summed E-state index contributed by atoms with van der Waals surface area (Å²) in [5.74, 6) is -0.835. The molecule has 1 aliphatic carbocycles. The predicted molar refractivity (Wildman–Crippen MR) is 65.1 cm³/mol. The third kappa shape index (κ3) is 3.27. The Morgan fingerprint density at radius 1 is 1.58 bits per heavy atom. The van der Waals surface area contributed by atoms with Gasteiger partial charge in [-0.3, -0.25) is 4.79 Å². The van der Waals surface area contributed by atoms with Crippen LogP contribution in [0.25, 0.3) is 0 Å². The lowest BCUT2D eigenvalue weighted by Gasteiger charge is -2.23. The monoisotopic (exact) mass is 293 g/mol. The summed E-state index contributed by atoms with van der Waals surface area (Å²) >= 11 is 1.57. The molecule has 0 radical (unpaired) electrons. The first-order valence-electron chi connectivity index (χ1n) is 5.98. The molecule has 0 aromatic carbocycles. The Kier molecular flexibility index (Phi) is 4.15. The molecule has 7 heteroatoms. The predicted octanol–water partition coefficient (Wildman–Crippen LogP) is 2.21. The number of fused-ring (bicyclic) bond motifs is 1. The standard InChI is InChI=1S/C12H14F3NO2S/c13-12(14,15)10(17)6-16-11(18)8-2-1-3-9-7(8)4-5-19-9/h4-5,8,10,17H,1-3,6H2,(H,16,18). The Balaban J connectivity index is 1.95. The zero-order valence-electron chi connectivity index (χ0n) is 10.0. The van der Waals surface area contributed by atoms with Crippen LogP contribution in [0.5, 0.6) is 0 Å². The minimum Gasteiger partial charge on any atom is -0.382 e. The van der Waals surface area contributed by atoms with Crippen molar-refractivity contribution in [2.45, 2.75) is 37.5 Å². The number of aryl methyl sites for hydroxylation is 1. The summed E-state index contributed by atoms with van der Waals surface area (Å²) in [6.07, 6.45) is -4.80. The van der Waals surface area contributed by atoms with Crippen molar-refractivity contribution in [3.8, 4) is 0 Å². The van der Waals surface area contributed by atoms with E-state index < -0.39 is 30.7 Å². The summed E-state index contributed by atoms with van der Waals surface area (Å²) in [7, 11) is 0. The summed E-state index contributed by atoms with van der Waals surface area (Å²) in [4.78, 5) is 13.0. The van der Waals surface area contributed by atoms with Gasteiger partial charge in [0.2, 0.25) is 5.91 Å². The van der Waals surface area contributed by atoms with E-state index in [4.69, 9.17) is 5.11 Å². The maximum atomic E-state index is 12.1. The highest BCUT2D eigenvalue weighted by Gasteiger charge is 2.38. The number of hydrogen-bond acceptors (Lipinski definition) is 3. The first kappa shape index (κ1) is 14.3. The molecule has 0 spiro atoms. The van der Waals surface area contributed by atoms with Crippen molar-refractivity contribution in [2.75, 3.05) is 6.54 Å². The van der Waals surface area contributed by atoms with Gasteiger partial charge in [-0.25, -0.2) is 0 Å². The number of aliphatic hydroxyl groups is 1. The molecule has 2 unspecified atom stereocenters. The Hall–Kier alpha value is -1.08. The topological polar surface area (TPSA) is 49.3 Å². The van der Waals surface area contributed by atoms with E-state index in [1.807, 2.05) is 11.4 Å². The van der Waals surface area contributed by atoms with Crippen LogP contribution in [0.1, 0.15) is 29.2 Å². The van der Waals surface area contributed by atoms with Crippen molar-refractivity contribution in [3.05, 3.63) is 21.9 Å². The third-order valence-corrected chi connectivity index (χ3v) is 4.21. The molecule has 1 amide bonds. The molecule has 1 aromatic heterocycles. The van der Waals surface area contributed by atoms with Gasteiger partial charge in [-0.15, -0.1) is 11.3 Å². The van der Waals surface area contributed by atoms with Gasteiger partial charge in [0, 0.05) is 4.88 Å². The molecule has 1 aliphatic rings. The molecular weight excluding hydrogens is 279 g/mol. The number of halogens is 3. The smallest absolute Gasteiger partial charge is 0.382 e. The average molecular weight is 293 g/mol. The zero-order valence-corrected chi connectivity index (χ0v) is 10.9. The van der Waals surface area contributed by atoms with Crippen LogP contribution in [0.15, 0.2) is 11.4 Å². The van der Waals surface area contributed by atoms with Crippen molar-refractivity contribution < 1.29 is 23.1 Å². The largest absolute Gasteiger partial charge is 0.416 e. The molecule has 106 valence electrons. The van der Waals surface area contributed by atoms with E-state index >= 15 is 0 Å². The van der Waals surface area contributed by atoms with E-state index in [1.54, 1.807) is 11.3 Å². The van der Waals surface area contributed by atoms with Crippen molar-refractivity contribution in [1.29, 1.82) is 0 Å². The normalized spacial score (nSPS) is 20.7. The fourth-order valence-corrected chi connectivity index (χ4v) is 3.18. The Bertz CT molecular complexity index is 458. The zero-order chi connectivity index (χ0) is 14.0. The highest BCUT2D eigenvalue weighted by molar-refractivity contribution is 7.10. The van der Waals surface area contributed by atoms with Gasteiger partial charge in [0.05, 0.1) is 12.5 Å². The summed E-state index contributed by atoms with van der Waals surface area (Å²) in [5.41, 5.74) is 0.912.